The predicted octanol–water partition coefficient (Wildman–Crippen LogP) is 4.44. The lowest BCUT2D eigenvalue weighted by atomic mass is 10.1. The number of nitrogens with one attached hydrogen (secondary N) is 2. The van der Waals surface area contributed by atoms with Gasteiger partial charge in [0.2, 0.25) is 0 Å². The third-order valence-corrected chi connectivity index (χ3v) is 7.89. The van der Waals surface area contributed by atoms with E-state index in [4.69, 9.17) is 9.47 Å². The lowest BCUT2D eigenvalue weighted by Crippen LogP contribution is -2.45. The van der Waals surface area contributed by atoms with Crippen molar-refractivity contribution in [3.05, 3.63) is 84.4 Å². The number of hydrogen-bond donors (Lipinski definition) is 2. The molecule has 3 aromatic carbocycles. The van der Waals surface area contributed by atoms with Crippen molar-refractivity contribution in [3.63, 3.8) is 0 Å². The summed E-state index contributed by atoms with van der Waals surface area (Å²) in [4.78, 5) is 24.3. The molecular weight excluding hydrogens is 456 g/mol. The number of benzene rings is 3. The van der Waals surface area contributed by atoms with Crippen molar-refractivity contribution in [2.75, 3.05) is 24.7 Å². The molecule has 33 heavy (non-hydrogen) atoms. The van der Waals surface area contributed by atoms with Crippen LogP contribution in [0.25, 0.3) is 11.1 Å². The predicted molar refractivity (Wildman–Crippen MR) is 133 cm³/mol. The third-order valence-electron chi connectivity index (χ3n) is 4.83. The molecule has 0 saturated carbocycles. The number of hydrogen-bond acceptors (Lipinski definition) is 6. The van der Waals surface area contributed by atoms with Crippen molar-refractivity contribution in [2.24, 2.45) is 0 Å². The van der Waals surface area contributed by atoms with E-state index >= 15 is 0 Å². The molecule has 6 nitrogen and oxygen atoms in total. The van der Waals surface area contributed by atoms with Gasteiger partial charge in [0.25, 0.3) is 11.8 Å². The average molecular weight is 481 g/mol. The minimum Gasteiger partial charge on any atom is -0.483 e. The summed E-state index contributed by atoms with van der Waals surface area (Å²) >= 11 is 3.75. The fraction of sp³-hybridized carbons (Fsp3) is 0.200. The Morgan fingerprint density at radius 1 is 0.727 bits per heavy atom. The topological polar surface area (TPSA) is 76.7 Å². The zero-order valence-corrected chi connectivity index (χ0v) is 19.5. The van der Waals surface area contributed by atoms with Gasteiger partial charge in [-0.15, -0.1) is 23.5 Å². The molecule has 2 N–H and O–H groups in total. The Balaban J connectivity index is 1.24. The van der Waals surface area contributed by atoms with E-state index in [2.05, 4.69) is 10.9 Å². The van der Waals surface area contributed by atoms with E-state index in [0.29, 0.717) is 16.1 Å². The molecular formula is C25H24N2O4S2. The maximum absolute atomic E-state index is 12.2. The Hall–Kier alpha value is -3.10. The van der Waals surface area contributed by atoms with Gasteiger partial charge in [-0.3, -0.25) is 20.4 Å². The maximum Gasteiger partial charge on any atom is 0.276 e. The fourth-order valence-corrected chi connectivity index (χ4v) is 6.20. The van der Waals surface area contributed by atoms with Crippen LogP contribution in [0.5, 0.6) is 11.5 Å². The smallest absolute Gasteiger partial charge is 0.276 e. The second-order valence-corrected chi connectivity index (χ2v) is 9.87. The van der Waals surface area contributed by atoms with Gasteiger partial charge in [0, 0.05) is 22.6 Å². The highest BCUT2D eigenvalue weighted by Gasteiger charge is 2.22. The largest absolute Gasteiger partial charge is 0.483 e. The number of rotatable bonds is 8. The number of carbonyl (C=O) groups excluding carboxylic acids is 2. The first-order valence-electron chi connectivity index (χ1n) is 10.5. The monoisotopic (exact) mass is 480 g/mol. The van der Waals surface area contributed by atoms with Crippen molar-refractivity contribution in [1.82, 2.24) is 10.9 Å². The summed E-state index contributed by atoms with van der Waals surface area (Å²) in [6.45, 7) is -0.430. The molecule has 0 unspecified atom stereocenters. The zero-order chi connectivity index (χ0) is 22.9. The average Bonchev–Trinajstić information content (AvgIpc) is 3.41. The van der Waals surface area contributed by atoms with Gasteiger partial charge in [-0.2, -0.15) is 0 Å². The van der Waals surface area contributed by atoms with Crippen LogP contribution in [0.4, 0.5) is 0 Å². The molecule has 4 rings (SSSR count). The summed E-state index contributed by atoms with van der Waals surface area (Å²) in [5.41, 5.74) is 7.70. The molecule has 1 fully saturated rings. The maximum atomic E-state index is 12.2. The standard InChI is InChI=1S/C25H24N2O4S2/c28-23(16-30-21-12-6-4-10-19(21)18-8-2-1-3-9-18)26-27-24(29)17-31-22-13-7-5-11-20(22)25-32-14-15-33-25/h1-13,25H,14-17H2,(H,26,28)(H,27,29). The van der Waals surface area contributed by atoms with Crippen LogP contribution >= 0.6 is 23.5 Å². The molecule has 1 saturated heterocycles. The van der Waals surface area contributed by atoms with Crippen molar-refractivity contribution in [3.8, 4) is 22.6 Å². The molecule has 3 aromatic rings. The van der Waals surface area contributed by atoms with Gasteiger partial charge >= 0.3 is 0 Å². The molecule has 0 spiro atoms. The Labute approximate surface area is 201 Å². The Morgan fingerprint density at radius 3 is 1.97 bits per heavy atom. The van der Waals surface area contributed by atoms with Gasteiger partial charge in [-0.05, 0) is 17.7 Å². The summed E-state index contributed by atoms with van der Waals surface area (Å²) in [6.07, 6.45) is 0. The van der Waals surface area contributed by atoms with E-state index in [0.717, 1.165) is 28.2 Å². The number of para-hydroxylation sites is 2. The number of amides is 2. The summed E-state index contributed by atoms with van der Waals surface area (Å²) < 4.78 is 11.7. The Morgan fingerprint density at radius 2 is 1.27 bits per heavy atom. The summed E-state index contributed by atoms with van der Waals surface area (Å²) in [6, 6.07) is 25.0. The fourth-order valence-electron chi connectivity index (χ4n) is 3.29. The van der Waals surface area contributed by atoms with E-state index in [-0.39, 0.29) is 13.2 Å². The normalized spacial score (nSPS) is 13.3. The summed E-state index contributed by atoms with van der Waals surface area (Å²) in [5, 5.41) is 0. The van der Waals surface area contributed by atoms with E-state index in [9.17, 15) is 9.59 Å². The first-order chi connectivity index (χ1) is 16.2. The van der Waals surface area contributed by atoms with Crippen LogP contribution in [-0.4, -0.2) is 36.5 Å². The van der Waals surface area contributed by atoms with Gasteiger partial charge in [0.1, 0.15) is 11.5 Å². The molecule has 1 aliphatic rings. The first kappa shape index (κ1) is 23.1. The van der Waals surface area contributed by atoms with E-state index in [1.807, 2.05) is 96.3 Å². The van der Waals surface area contributed by atoms with Gasteiger partial charge in [0.05, 0.1) is 4.58 Å². The van der Waals surface area contributed by atoms with Gasteiger partial charge in [-0.25, -0.2) is 0 Å². The van der Waals surface area contributed by atoms with Crippen LogP contribution in [0, 0.1) is 0 Å². The number of ether oxygens (including phenoxy) is 2. The van der Waals surface area contributed by atoms with Crippen molar-refractivity contribution in [1.29, 1.82) is 0 Å². The molecule has 1 heterocycles. The van der Waals surface area contributed by atoms with Crippen LogP contribution in [0.3, 0.4) is 0 Å². The number of carbonyl (C=O) groups is 2. The second kappa shape index (κ2) is 11.7. The molecule has 1 aliphatic heterocycles. The van der Waals surface area contributed by atoms with E-state index in [1.54, 1.807) is 6.07 Å². The minimum absolute atomic E-state index is 0.197. The Kier molecular flexibility index (Phi) is 8.16. The molecule has 2 amide bonds. The minimum atomic E-state index is -0.467. The highest BCUT2D eigenvalue weighted by atomic mass is 32.2. The van der Waals surface area contributed by atoms with Crippen molar-refractivity contribution < 1.29 is 19.1 Å². The third kappa shape index (κ3) is 6.46. The number of hydrazine groups is 1. The first-order valence-corrected chi connectivity index (χ1v) is 12.6. The molecule has 0 aromatic heterocycles. The highest BCUT2D eigenvalue weighted by molar-refractivity contribution is 8.19. The SMILES string of the molecule is O=C(COc1ccccc1-c1ccccc1)NNC(=O)COc1ccccc1C1SCCS1. The van der Waals surface area contributed by atoms with Crippen LogP contribution < -0.4 is 20.3 Å². The van der Waals surface area contributed by atoms with E-state index < -0.39 is 11.8 Å². The van der Waals surface area contributed by atoms with Crippen molar-refractivity contribution in [2.45, 2.75) is 4.58 Å². The molecule has 8 heteroatoms. The van der Waals surface area contributed by atoms with Crippen LogP contribution in [0.15, 0.2) is 78.9 Å². The van der Waals surface area contributed by atoms with Crippen LogP contribution in [0.2, 0.25) is 0 Å². The van der Waals surface area contributed by atoms with E-state index in [1.165, 1.54) is 0 Å². The van der Waals surface area contributed by atoms with Crippen LogP contribution in [-0.2, 0) is 9.59 Å². The molecule has 0 atom stereocenters. The summed E-state index contributed by atoms with van der Waals surface area (Å²) in [7, 11) is 0. The highest BCUT2D eigenvalue weighted by Crippen LogP contribution is 2.48. The Bertz CT molecular complexity index is 1090. The molecule has 0 radical (unpaired) electrons. The lowest BCUT2D eigenvalue weighted by Gasteiger charge is -2.15. The van der Waals surface area contributed by atoms with Gasteiger partial charge < -0.3 is 9.47 Å². The molecule has 0 aliphatic carbocycles. The molecule has 0 bridgehead atoms. The number of thioether (sulfide) groups is 2. The molecule has 170 valence electrons. The lowest BCUT2D eigenvalue weighted by molar-refractivity contribution is -0.131. The van der Waals surface area contributed by atoms with Crippen LogP contribution in [0.1, 0.15) is 10.1 Å². The quantitative estimate of drug-likeness (QED) is 0.465. The van der Waals surface area contributed by atoms with Crippen molar-refractivity contribution >= 4 is 35.3 Å². The van der Waals surface area contributed by atoms with Gasteiger partial charge in [0.15, 0.2) is 13.2 Å². The summed E-state index contributed by atoms with van der Waals surface area (Å²) in [5.74, 6) is 2.57. The van der Waals surface area contributed by atoms with Gasteiger partial charge in [-0.1, -0.05) is 66.7 Å². The second-order valence-electron chi connectivity index (χ2n) is 7.15. The zero-order valence-electron chi connectivity index (χ0n) is 17.9.